The summed E-state index contributed by atoms with van der Waals surface area (Å²) < 4.78 is 1.95. The van der Waals surface area contributed by atoms with Crippen molar-refractivity contribution in [1.29, 1.82) is 0 Å². The van der Waals surface area contributed by atoms with Crippen LogP contribution in [0.2, 0.25) is 0 Å². The Morgan fingerprint density at radius 3 is 2.52 bits per heavy atom. The molecule has 0 atom stereocenters. The first-order valence-corrected chi connectivity index (χ1v) is 8.13. The van der Waals surface area contributed by atoms with E-state index in [-0.39, 0.29) is 0 Å². The van der Waals surface area contributed by atoms with Crippen molar-refractivity contribution in [2.75, 3.05) is 10.6 Å². The molecule has 0 aliphatic carbocycles. The van der Waals surface area contributed by atoms with Gasteiger partial charge in [-0.05, 0) is 49.6 Å². The van der Waals surface area contributed by atoms with Crippen LogP contribution in [-0.4, -0.2) is 20.8 Å². The molecule has 3 rings (SSSR count). The molecule has 0 radical (unpaired) electrons. The van der Waals surface area contributed by atoms with E-state index in [2.05, 4.69) is 41.6 Å². The minimum absolute atomic E-state index is 0.520. The number of anilines is 2. The SMILES string of the molecule is Cc1cccc(C)c1CNc1cc(NC(=O)O)cc2c1nc(C)n2C. The van der Waals surface area contributed by atoms with Gasteiger partial charge in [-0.15, -0.1) is 0 Å². The molecule has 6 nitrogen and oxygen atoms in total. The van der Waals surface area contributed by atoms with Gasteiger partial charge in [0.15, 0.2) is 0 Å². The highest BCUT2D eigenvalue weighted by molar-refractivity contribution is 5.95. The quantitative estimate of drug-likeness (QED) is 0.666. The highest BCUT2D eigenvalue weighted by atomic mass is 16.4. The number of fused-ring (bicyclic) bond motifs is 1. The number of carbonyl (C=O) groups is 1. The standard InChI is InChI=1S/C19H22N4O2/c1-11-6-5-7-12(2)15(11)10-20-16-8-14(22-19(24)25)9-17-18(16)21-13(3)23(17)4/h5-9,20,22H,10H2,1-4H3,(H,24,25). The summed E-state index contributed by atoms with van der Waals surface area (Å²) in [7, 11) is 1.92. The van der Waals surface area contributed by atoms with E-state index in [0.29, 0.717) is 12.2 Å². The van der Waals surface area contributed by atoms with E-state index in [1.165, 1.54) is 16.7 Å². The summed E-state index contributed by atoms with van der Waals surface area (Å²) in [5.41, 5.74) is 6.73. The van der Waals surface area contributed by atoms with Gasteiger partial charge in [0.2, 0.25) is 0 Å². The van der Waals surface area contributed by atoms with Crippen LogP contribution in [0.25, 0.3) is 11.0 Å². The second-order valence-electron chi connectivity index (χ2n) is 6.26. The Morgan fingerprint density at radius 2 is 1.88 bits per heavy atom. The van der Waals surface area contributed by atoms with Crippen LogP contribution in [0.4, 0.5) is 16.2 Å². The molecule has 0 saturated heterocycles. The van der Waals surface area contributed by atoms with E-state index < -0.39 is 6.09 Å². The first-order chi connectivity index (χ1) is 11.9. The van der Waals surface area contributed by atoms with Crippen molar-refractivity contribution in [2.45, 2.75) is 27.3 Å². The summed E-state index contributed by atoms with van der Waals surface area (Å²) in [5, 5.41) is 14.9. The Hall–Kier alpha value is -3.02. The van der Waals surface area contributed by atoms with Crippen LogP contribution < -0.4 is 10.6 Å². The van der Waals surface area contributed by atoms with Crippen molar-refractivity contribution >= 4 is 28.5 Å². The van der Waals surface area contributed by atoms with Crippen LogP contribution in [-0.2, 0) is 13.6 Å². The molecule has 3 N–H and O–H groups in total. The second-order valence-corrected chi connectivity index (χ2v) is 6.26. The van der Waals surface area contributed by atoms with Crippen LogP contribution in [0, 0.1) is 20.8 Å². The molecule has 1 heterocycles. The number of hydrogen-bond donors (Lipinski definition) is 3. The number of carboxylic acid groups (broad SMARTS) is 1. The monoisotopic (exact) mass is 338 g/mol. The fraction of sp³-hybridized carbons (Fsp3) is 0.263. The Labute approximate surface area is 146 Å². The summed E-state index contributed by atoms with van der Waals surface area (Å²) in [6, 6.07) is 9.82. The van der Waals surface area contributed by atoms with Gasteiger partial charge >= 0.3 is 6.09 Å². The lowest BCUT2D eigenvalue weighted by Gasteiger charge is -2.13. The van der Waals surface area contributed by atoms with Gasteiger partial charge < -0.3 is 15.0 Å². The predicted molar refractivity (Wildman–Crippen MR) is 100 cm³/mol. The fourth-order valence-corrected chi connectivity index (χ4v) is 3.05. The normalized spacial score (nSPS) is 10.9. The van der Waals surface area contributed by atoms with Crippen LogP contribution in [0.15, 0.2) is 30.3 Å². The Balaban J connectivity index is 2.02. The van der Waals surface area contributed by atoms with Crippen molar-refractivity contribution in [1.82, 2.24) is 9.55 Å². The number of imidazole rings is 1. The number of benzene rings is 2. The maximum atomic E-state index is 11.0. The molecule has 0 saturated carbocycles. The highest BCUT2D eigenvalue weighted by Gasteiger charge is 2.13. The lowest BCUT2D eigenvalue weighted by molar-refractivity contribution is 0.210. The zero-order chi connectivity index (χ0) is 18.1. The number of aromatic nitrogens is 2. The zero-order valence-electron chi connectivity index (χ0n) is 14.8. The fourth-order valence-electron chi connectivity index (χ4n) is 3.05. The summed E-state index contributed by atoms with van der Waals surface area (Å²) in [5.74, 6) is 0.873. The van der Waals surface area contributed by atoms with E-state index in [1.807, 2.05) is 24.6 Å². The minimum Gasteiger partial charge on any atom is -0.465 e. The van der Waals surface area contributed by atoms with Gasteiger partial charge in [-0.2, -0.15) is 0 Å². The first-order valence-electron chi connectivity index (χ1n) is 8.13. The summed E-state index contributed by atoms with van der Waals surface area (Å²) in [6.45, 7) is 6.76. The van der Waals surface area contributed by atoms with Crippen LogP contribution in [0.1, 0.15) is 22.5 Å². The van der Waals surface area contributed by atoms with Crippen molar-refractivity contribution in [3.8, 4) is 0 Å². The average molecular weight is 338 g/mol. The van der Waals surface area contributed by atoms with Crippen molar-refractivity contribution in [3.05, 3.63) is 52.8 Å². The molecule has 6 heteroatoms. The van der Waals surface area contributed by atoms with E-state index in [9.17, 15) is 4.79 Å². The second kappa shape index (κ2) is 6.47. The van der Waals surface area contributed by atoms with E-state index >= 15 is 0 Å². The highest BCUT2D eigenvalue weighted by Crippen LogP contribution is 2.29. The molecule has 0 aliphatic rings. The van der Waals surface area contributed by atoms with Crippen molar-refractivity contribution in [2.24, 2.45) is 7.05 Å². The molecule has 130 valence electrons. The Bertz CT molecular complexity index is 939. The van der Waals surface area contributed by atoms with E-state index in [0.717, 1.165) is 22.5 Å². The molecular weight excluding hydrogens is 316 g/mol. The Morgan fingerprint density at radius 1 is 1.20 bits per heavy atom. The molecular formula is C19H22N4O2. The maximum Gasteiger partial charge on any atom is 0.409 e. The largest absolute Gasteiger partial charge is 0.465 e. The van der Waals surface area contributed by atoms with Crippen LogP contribution >= 0.6 is 0 Å². The number of amides is 1. The molecule has 0 fully saturated rings. The minimum atomic E-state index is -1.08. The summed E-state index contributed by atoms with van der Waals surface area (Å²) >= 11 is 0. The topological polar surface area (TPSA) is 79.2 Å². The third kappa shape index (κ3) is 3.28. The van der Waals surface area contributed by atoms with Gasteiger partial charge in [0.25, 0.3) is 0 Å². The van der Waals surface area contributed by atoms with Gasteiger partial charge in [0.05, 0.1) is 11.2 Å². The summed E-state index contributed by atoms with van der Waals surface area (Å²) in [4.78, 5) is 15.6. The lowest BCUT2D eigenvalue weighted by Crippen LogP contribution is -2.09. The van der Waals surface area contributed by atoms with E-state index in [4.69, 9.17) is 5.11 Å². The Kier molecular flexibility index (Phi) is 4.35. The molecule has 0 unspecified atom stereocenters. The van der Waals surface area contributed by atoms with Crippen LogP contribution in [0.5, 0.6) is 0 Å². The third-order valence-electron chi connectivity index (χ3n) is 4.56. The number of nitrogens with zero attached hydrogens (tertiary/aromatic N) is 2. The van der Waals surface area contributed by atoms with Gasteiger partial charge in [-0.1, -0.05) is 18.2 Å². The predicted octanol–water partition coefficient (Wildman–Crippen LogP) is 4.20. The number of rotatable bonds is 4. The molecule has 0 aliphatic heterocycles. The van der Waals surface area contributed by atoms with Crippen molar-refractivity contribution in [3.63, 3.8) is 0 Å². The molecule has 1 aromatic heterocycles. The number of aryl methyl sites for hydroxylation is 4. The third-order valence-corrected chi connectivity index (χ3v) is 4.56. The molecule has 3 aromatic rings. The smallest absolute Gasteiger partial charge is 0.409 e. The van der Waals surface area contributed by atoms with E-state index in [1.54, 1.807) is 12.1 Å². The summed E-state index contributed by atoms with van der Waals surface area (Å²) in [6.07, 6.45) is -1.08. The first kappa shape index (κ1) is 16.8. The van der Waals surface area contributed by atoms with Gasteiger partial charge in [0.1, 0.15) is 11.3 Å². The van der Waals surface area contributed by atoms with Gasteiger partial charge in [0, 0.05) is 19.3 Å². The van der Waals surface area contributed by atoms with Crippen LogP contribution in [0.3, 0.4) is 0 Å². The van der Waals surface area contributed by atoms with Crippen molar-refractivity contribution < 1.29 is 9.90 Å². The lowest BCUT2D eigenvalue weighted by atomic mass is 10.0. The number of nitrogens with one attached hydrogen (secondary N) is 2. The molecule has 0 bridgehead atoms. The molecule has 25 heavy (non-hydrogen) atoms. The zero-order valence-corrected chi connectivity index (χ0v) is 14.8. The van der Waals surface area contributed by atoms with Gasteiger partial charge in [-0.25, -0.2) is 9.78 Å². The molecule has 0 spiro atoms. The average Bonchev–Trinajstić information content (AvgIpc) is 2.82. The van der Waals surface area contributed by atoms with Gasteiger partial charge in [-0.3, -0.25) is 5.32 Å². The maximum absolute atomic E-state index is 11.0. The molecule has 1 amide bonds. The number of hydrogen-bond acceptors (Lipinski definition) is 3. The molecule has 2 aromatic carbocycles.